The van der Waals surface area contributed by atoms with Crippen LogP contribution >= 0.6 is 34.7 Å². The second-order valence-corrected chi connectivity index (χ2v) is 9.01. The van der Waals surface area contributed by atoms with Gasteiger partial charge in [0.25, 0.3) is 5.56 Å². The van der Waals surface area contributed by atoms with Gasteiger partial charge in [-0.2, -0.15) is 0 Å². The van der Waals surface area contributed by atoms with Gasteiger partial charge in [-0.05, 0) is 43.3 Å². The highest BCUT2D eigenvalue weighted by Gasteiger charge is 2.24. The van der Waals surface area contributed by atoms with Crippen molar-refractivity contribution in [3.63, 3.8) is 0 Å². The van der Waals surface area contributed by atoms with Gasteiger partial charge in [0.15, 0.2) is 5.16 Å². The highest BCUT2D eigenvalue weighted by Crippen LogP contribution is 2.34. The zero-order valence-corrected chi connectivity index (χ0v) is 17.8. The second-order valence-electron chi connectivity index (χ2n) is 6.55. The summed E-state index contributed by atoms with van der Waals surface area (Å²) in [5, 5.41) is 1.74. The van der Waals surface area contributed by atoms with E-state index in [0.717, 1.165) is 29.9 Å². The third kappa shape index (κ3) is 3.57. The number of ether oxygens (including phenoxy) is 1. The first-order chi connectivity index (χ1) is 13.5. The standard InChI is InChI=1S/C19H18ClN3O3S2/c1-22-8-7-13-14(9-22)28-17-16(13)18(25)23(12-5-3-11(20)4-6-12)19(21-17)27-10-15(24)26-2/h3-6H,7-10H2,1-2H3. The molecule has 2 aromatic heterocycles. The number of nitrogens with zero attached hydrogens (tertiary/aromatic N) is 3. The molecule has 3 aromatic rings. The molecule has 9 heteroatoms. The van der Waals surface area contributed by atoms with Crippen molar-refractivity contribution in [3.8, 4) is 5.69 Å². The number of thioether (sulfide) groups is 1. The van der Waals surface area contributed by atoms with Gasteiger partial charge in [0.1, 0.15) is 4.83 Å². The highest BCUT2D eigenvalue weighted by molar-refractivity contribution is 7.99. The Bertz CT molecular complexity index is 1110. The zero-order chi connectivity index (χ0) is 19.8. The van der Waals surface area contributed by atoms with Crippen LogP contribution in [0.4, 0.5) is 0 Å². The molecule has 0 saturated heterocycles. The van der Waals surface area contributed by atoms with Crippen molar-refractivity contribution >= 4 is 50.9 Å². The van der Waals surface area contributed by atoms with Crippen LogP contribution in [0, 0.1) is 0 Å². The maximum atomic E-state index is 13.5. The molecule has 1 aliphatic heterocycles. The fraction of sp³-hybridized carbons (Fsp3) is 0.316. The molecule has 1 aliphatic rings. The Morgan fingerprint density at radius 2 is 2.11 bits per heavy atom. The van der Waals surface area contributed by atoms with Crippen LogP contribution in [0.2, 0.25) is 5.02 Å². The average molecular weight is 436 g/mol. The van der Waals surface area contributed by atoms with Crippen LogP contribution in [0.5, 0.6) is 0 Å². The number of benzene rings is 1. The minimum absolute atomic E-state index is 0.0792. The lowest BCUT2D eigenvalue weighted by atomic mass is 10.1. The van der Waals surface area contributed by atoms with Gasteiger partial charge in [-0.15, -0.1) is 11.3 Å². The fourth-order valence-corrected chi connectivity index (χ4v) is 5.56. The Balaban J connectivity index is 1.92. The van der Waals surface area contributed by atoms with Crippen molar-refractivity contribution in [3.05, 3.63) is 50.1 Å². The number of carbonyl (C=O) groups is 1. The maximum Gasteiger partial charge on any atom is 0.316 e. The summed E-state index contributed by atoms with van der Waals surface area (Å²) in [4.78, 5) is 34.1. The van der Waals surface area contributed by atoms with Gasteiger partial charge in [0.2, 0.25) is 0 Å². The monoisotopic (exact) mass is 435 g/mol. The molecule has 0 unspecified atom stereocenters. The molecule has 6 nitrogen and oxygen atoms in total. The molecule has 0 saturated carbocycles. The lowest BCUT2D eigenvalue weighted by molar-refractivity contribution is -0.137. The summed E-state index contributed by atoms with van der Waals surface area (Å²) in [5.74, 6) is -0.287. The number of likely N-dealkylation sites (N-methyl/N-ethyl adjacent to an activating group) is 1. The molecule has 3 heterocycles. The van der Waals surface area contributed by atoms with Crippen LogP contribution in [0.3, 0.4) is 0 Å². The Kier molecular flexibility index (Phi) is 5.46. The van der Waals surface area contributed by atoms with Crippen LogP contribution in [0.25, 0.3) is 15.9 Å². The largest absolute Gasteiger partial charge is 0.468 e. The van der Waals surface area contributed by atoms with E-state index in [-0.39, 0.29) is 17.3 Å². The number of halogens is 1. The van der Waals surface area contributed by atoms with Crippen molar-refractivity contribution in [2.24, 2.45) is 0 Å². The van der Waals surface area contributed by atoms with Crippen molar-refractivity contribution in [1.29, 1.82) is 0 Å². The second kappa shape index (κ2) is 7.87. The van der Waals surface area contributed by atoms with E-state index < -0.39 is 0 Å². The van der Waals surface area contributed by atoms with E-state index >= 15 is 0 Å². The Morgan fingerprint density at radius 1 is 1.36 bits per heavy atom. The van der Waals surface area contributed by atoms with Gasteiger partial charge in [0.05, 0.1) is 23.9 Å². The number of esters is 1. The van der Waals surface area contributed by atoms with Crippen LogP contribution in [0.1, 0.15) is 10.4 Å². The Hall–Kier alpha value is -1.87. The molecule has 0 amide bonds. The van der Waals surface area contributed by atoms with Crippen LogP contribution in [0.15, 0.2) is 34.2 Å². The summed E-state index contributed by atoms with van der Waals surface area (Å²) in [6.45, 7) is 1.74. The first kappa shape index (κ1) is 19.4. The number of thiophene rings is 1. The number of hydrogen-bond acceptors (Lipinski definition) is 7. The molecule has 0 radical (unpaired) electrons. The summed E-state index contributed by atoms with van der Waals surface area (Å²) in [6, 6.07) is 7.04. The van der Waals surface area contributed by atoms with E-state index in [0.29, 0.717) is 21.3 Å². The molecule has 0 aliphatic carbocycles. The van der Waals surface area contributed by atoms with Crippen molar-refractivity contribution in [1.82, 2.24) is 14.5 Å². The number of hydrogen-bond donors (Lipinski definition) is 0. The fourth-order valence-electron chi connectivity index (χ4n) is 3.25. The Morgan fingerprint density at radius 3 is 2.82 bits per heavy atom. The number of carbonyl (C=O) groups excluding carboxylic acids is 1. The van der Waals surface area contributed by atoms with E-state index in [1.165, 1.54) is 23.7 Å². The number of fused-ring (bicyclic) bond motifs is 3. The third-order valence-corrected chi connectivity index (χ3v) is 6.94. The van der Waals surface area contributed by atoms with Crippen LogP contribution in [-0.2, 0) is 22.5 Å². The molecular weight excluding hydrogens is 418 g/mol. The zero-order valence-electron chi connectivity index (χ0n) is 15.4. The summed E-state index contributed by atoms with van der Waals surface area (Å²) in [5.41, 5.74) is 1.66. The molecule has 1 aromatic carbocycles. The van der Waals surface area contributed by atoms with Crippen molar-refractivity contribution in [2.75, 3.05) is 26.5 Å². The molecule has 0 atom stereocenters. The third-order valence-electron chi connectivity index (χ3n) is 4.67. The number of rotatable bonds is 4. The quantitative estimate of drug-likeness (QED) is 0.355. The van der Waals surface area contributed by atoms with Gasteiger partial charge in [0, 0.05) is 23.0 Å². The van der Waals surface area contributed by atoms with E-state index in [4.69, 9.17) is 21.3 Å². The van der Waals surface area contributed by atoms with Gasteiger partial charge in [-0.3, -0.25) is 14.2 Å². The molecule has 146 valence electrons. The van der Waals surface area contributed by atoms with Crippen molar-refractivity contribution in [2.45, 2.75) is 18.1 Å². The highest BCUT2D eigenvalue weighted by atomic mass is 35.5. The van der Waals surface area contributed by atoms with Gasteiger partial charge in [-0.1, -0.05) is 23.4 Å². The molecule has 0 fully saturated rings. The molecule has 28 heavy (non-hydrogen) atoms. The molecule has 0 bridgehead atoms. The topological polar surface area (TPSA) is 64.4 Å². The van der Waals surface area contributed by atoms with Gasteiger partial charge < -0.3 is 9.64 Å². The molecular formula is C19H18ClN3O3S2. The van der Waals surface area contributed by atoms with E-state index in [1.54, 1.807) is 40.2 Å². The summed E-state index contributed by atoms with van der Waals surface area (Å²) < 4.78 is 6.30. The SMILES string of the molecule is COC(=O)CSc1nc2sc3c(c2c(=O)n1-c1ccc(Cl)cc1)CCN(C)C3. The van der Waals surface area contributed by atoms with Crippen LogP contribution < -0.4 is 5.56 Å². The lowest BCUT2D eigenvalue weighted by Gasteiger charge is -2.21. The smallest absolute Gasteiger partial charge is 0.316 e. The van der Waals surface area contributed by atoms with E-state index in [2.05, 4.69) is 11.9 Å². The predicted molar refractivity (Wildman–Crippen MR) is 113 cm³/mol. The minimum atomic E-state index is -0.367. The summed E-state index contributed by atoms with van der Waals surface area (Å²) in [7, 11) is 3.42. The van der Waals surface area contributed by atoms with Crippen molar-refractivity contribution < 1.29 is 9.53 Å². The lowest BCUT2D eigenvalue weighted by Crippen LogP contribution is -2.27. The normalized spacial score (nSPS) is 14.2. The van der Waals surface area contributed by atoms with Gasteiger partial charge >= 0.3 is 5.97 Å². The average Bonchev–Trinajstić information content (AvgIpc) is 3.04. The molecule has 0 spiro atoms. The minimum Gasteiger partial charge on any atom is -0.468 e. The maximum absolute atomic E-state index is 13.5. The predicted octanol–water partition coefficient (Wildman–Crippen LogP) is 3.35. The summed E-state index contributed by atoms with van der Waals surface area (Å²) in [6.07, 6.45) is 0.831. The number of methoxy groups -OCH3 is 1. The van der Waals surface area contributed by atoms with Gasteiger partial charge in [-0.25, -0.2) is 4.98 Å². The Labute approximate surface area is 175 Å². The molecule has 4 rings (SSSR count). The first-order valence-electron chi connectivity index (χ1n) is 8.69. The summed E-state index contributed by atoms with van der Waals surface area (Å²) >= 11 is 8.77. The van der Waals surface area contributed by atoms with E-state index in [1.807, 2.05) is 0 Å². The number of aromatic nitrogens is 2. The first-order valence-corrected chi connectivity index (χ1v) is 10.9. The molecule has 0 N–H and O–H groups in total. The van der Waals surface area contributed by atoms with Crippen LogP contribution in [-0.4, -0.2) is 46.9 Å². The van der Waals surface area contributed by atoms with E-state index in [9.17, 15) is 9.59 Å².